The summed E-state index contributed by atoms with van der Waals surface area (Å²) >= 11 is 6.34. The molecule has 0 aliphatic heterocycles. The highest BCUT2D eigenvalue weighted by Gasteiger charge is 2.04. The topological polar surface area (TPSA) is 9.23 Å². The van der Waals surface area contributed by atoms with Crippen molar-refractivity contribution in [2.45, 2.75) is 39.5 Å². The van der Waals surface area contributed by atoms with Crippen LogP contribution < -0.4 is 4.74 Å². The number of hydrogen-bond acceptors (Lipinski definition) is 1. The van der Waals surface area contributed by atoms with Gasteiger partial charge in [0, 0.05) is 5.02 Å². The molecule has 0 atom stereocenters. The third-order valence-electron chi connectivity index (χ3n) is 3.56. The number of benzene rings is 2. The Hall–Kier alpha value is -1.47. The molecule has 2 aromatic carbocycles. The Bertz CT molecular complexity index is 560. The highest BCUT2D eigenvalue weighted by Crippen LogP contribution is 2.23. The number of hydrogen-bond donors (Lipinski definition) is 0. The quantitative estimate of drug-likeness (QED) is 0.640. The first-order valence-electron chi connectivity index (χ1n) is 7.72. The summed E-state index contributed by atoms with van der Waals surface area (Å²) in [5, 5.41) is 0.851. The van der Waals surface area contributed by atoms with E-state index in [1.807, 2.05) is 25.1 Å². The molecule has 1 nitrogen and oxygen atoms in total. The van der Waals surface area contributed by atoms with E-state index in [9.17, 15) is 0 Å². The van der Waals surface area contributed by atoms with Gasteiger partial charge in [0.25, 0.3) is 0 Å². The van der Waals surface area contributed by atoms with Gasteiger partial charge in [0.1, 0.15) is 5.75 Å². The van der Waals surface area contributed by atoms with Crippen LogP contribution in [0.2, 0.25) is 5.02 Å². The van der Waals surface area contributed by atoms with Crippen molar-refractivity contribution in [2.75, 3.05) is 6.61 Å². The molecular weight excluding hydrogens is 280 g/mol. The summed E-state index contributed by atoms with van der Waals surface area (Å²) in [5.74, 6) is 0.920. The van der Waals surface area contributed by atoms with Crippen molar-refractivity contribution in [3.05, 3.63) is 64.2 Å². The molecule has 112 valence electrons. The molecule has 0 N–H and O–H groups in total. The first-order valence-corrected chi connectivity index (χ1v) is 8.09. The van der Waals surface area contributed by atoms with E-state index < -0.39 is 0 Å². The van der Waals surface area contributed by atoms with Gasteiger partial charge in [0.2, 0.25) is 0 Å². The Balaban J connectivity index is 2.10. The largest absolute Gasteiger partial charge is 0.494 e. The van der Waals surface area contributed by atoms with Gasteiger partial charge in [-0.15, -0.1) is 0 Å². The Morgan fingerprint density at radius 2 is 1.67 bits per heavy atom. The highest BCUT2D eigenvalue weighted by atomic mass is 35.5. The molecule has 0 bridgehead atoms. The fourth-order valence-electron chi connectivity index (χ4n) is 2.39. The maximum atomic E-state index is 6.34. The van der Waals surface area contributed by atoms with Gasteiger partial charge in [0.05, 0.1) is 6.61 Å². The van der Waals surface area contributed by atoms with E-state index in [2.05, 4.69) is 31.2 Å². The van der Waals surface area contributed by atoms with Gasteiger partial charge in [-0.05, 0) is 61.1 Å². The van der Waals surface area contributed by atoms with Gasteiger partial charge in [0.15, 0.2) is 0 Å². The second kappa shape index (κ2) is 8.09. The Kier molecular flexibility index (Phi) is 6.13. The molecule has 0 aliphatic rings. The molecule has 0 spiro atoms. The third kappa shape index (κ3) is 4.78. The molecule has 0 radical (unpaired) electrons. The van der Waals surface area contributed by atoms with Crippen LogP contribution in [0.5, 0.6) is 5.75 Å². The highest BCUT2D eigenvalue weighted by molar-refractivity contribution is 6.31. The average Bonchev–Trinajstić information content (AvgIpc) is 2.50. The van der Waals surface area contributed by atoms with E-state index in [1.165, 1.54) is 29.5 Å². The third-order valence-corrected chi connectivity index (χ3v) is 3.93. The minimum absolute atomic E-state index is 0.699. The van der Waals surface area contributed by atoms with Crippen molar-refractivity contribution in [3.8, 4) is 5.75 Å². The molecular formula is C19H23ClO. The van der Waals surface area contributed by atoms with Crippen LogP contribution in [0.4, 0.5) is 0 Å². The van der Waals surface area contributed by atoms with E-state index in [4.69, 9.17) is 16.3 Å². The Labute approximate surface area is 132 Å². The second-order valence-electron chi connectivity index (χ2n) is 5.28. The van der Waals surface area contributed by atoms with Crippen LogP contribution in [0.3, 0.4) is 0 Å². The lowest BCUT2D eigenvalue weighted by atomic mass is 10.0. The summed E-state index contributed by atoms with van der Waals surface area (Å²) < 4.78 is 5.47. The van der Waals surface area contributed by atoms with Crippen molar-refractivity contribution in [1.29, 1.82) is 0 Å². The van der Waals surface area contributed by atoms with Gasteiger partial charge in [-0.1, -0.05) is 49.2 Å². The molecule has 21 heavy (non-hydrogen) atoms. The lowest BCUT2D eigenvalue weighted by molar-refractivity contribution is 0.340. The van der Waals surface area contributed by atoms with Crippen molar-refractivity contribution in [2.24, 2.45) is 0 Å². The molecule has 2 rings (SSSR count). The van der Waals surface area contributed by atoms with E-state index in [1.54, 1.807) is 0 Å². The van der Waals surface area contributed by atoms with Crippen molar-refractivity contribution >= 4 is 11.6 Å². The zero-order valence-corrected chi connectivity index (χ0v) is 13.6. The molecule has 2 aromatic rings. The van der Waals surface area contributed by atoms with Gasteiger partial charge in [-0.25, -0.2) is 0 Å². The van der Waals surface area contributed by atoms with Crippen LogP contribution in [0.1, 0.15) is 43.4 Å². The first-order chi connectivity index (χ1) is 10.2. The van der Waals surface area contributed by atoms with Gasteiger partial charge in [-0.3, -0.25) is 0 Å². The Morgan fingerprint density at radius 1 is 0.952 bits per heavy atom. The molecule has 0 saturated heterocycles. The smallest absolute Gasteiger partial charge is 0.119 e. The SMILES string of the molecule is CCCCc1ccc(Cl)c(Cc2ccc(OCC)cc2)c1. The number of aryl methyl sites for hydroxylation is 1. The van der Waals surface area contributed by atoms with Gasteiger partial charge in [-0.2, -0.15) is 0 Å². The van der Waals surface area contributed by atoms with Crippen LogP contribution in [-0.2, 0) is 12.8 Å². The summed E-state index contributed by atoms with van der Waals surface area (Å²) in [4.78, 5) is 0. The van der Waals surface area contributed by atoms with Crippen molar-refractivity contribution in [3.63, 3.8) is 0 Å². The number of halogens is 1. The van der Waals surface area contributed by atoms with Gasteiger partial charge >= 0.3 is 0 Å². The monoisotopic (exact) mass is 302 g/mol. The predicted molar refractivity (Wildman–Crippen MR) is 90.5 cm³/mol. The van der Waals surface area contributed by atoms with Crippen LogP contribution in [0, 0.1) is 0 Å². The number of ether oxygens (including phenoxy) is 1. The molecule has 0 unspecified atom stereocenters. The lowest BCUT2D eigenvalue weighted by Crippen LogP contribution is -1.94. The molecule has 2 heteroatoms. The minimum Gasteiger partial charge on any atom is -0.494 e. The fourth-order valence-corrected chi connectivity index (χ4v) is 2.57. The first kappa shape index (κ1) is 15.9. The minimum atomic E-state index is 0.699. The van der Waals surface area contributed by atoms with Crippen LogP contribution in [-0.4, -0.2) is 6.61 Å². The zero-order chi connectivity index (χ0) is 15.1. The van der Waals surface area contributed by atoms with Crippen LogP contribution in [0.25, 0.3) is 0 Å². The normalized spacial score (nSPS) is 10.6. The molecule has 0 heterocycles. The standard InChI is InChI=1S/C19H23ClO/c1-3-5-6-15-9-12-19(20)17(13-15)14-16-7-10-18(11-8-16)21-4-2/h7-13H,3-6,14H2,1-2H3. The number of rotatable bonds is 7. The van der Waals surface area contributed by atoms with Crippen LogP contribution >= 0.6 is 11.6 Å². The Morgan fingerprint density at radius 3 is 2.33 bits per heavy atom. The van der Waals surface area contributed by atoms with E-state index in [0.717, 1.165) is 23.6 Å². The summed E-state index contributed by atoms with van der Waals surface area (Å²) in [6.07, 6.45) is 4.44. The summed E-state index contributed by atoms with van der Waals surface area (Å²) in [7, 11) is 0. The summed E-state index contributed by atoms with van der Waals surface area (Å²) in [6.45, 7) is 4.91. The lowest BCUT2D eigenvalue weighted by Gasteiger charge is -2.09. The zero-order valence-electron chi connectivity index (χ0n) is 12.9. The molecule has 0 aromatic heterocycles. The maximum absolute atomic E-state index is 6.34. The molecule has 0 amide bonds. The van der Waals surface area contributed by atoms with Crippen LogP contribution in [0.15, 0.2) is 42.5 Å². The fraction of sp³-hybridized carbons (Fsp3) is 0.368. The number of unbranched alkanes of at least 4 members (excludes halogenated alkanes) is 1. The maximum Gasteiger partial charge on any atom is 0.119 e. The average molecular weight is 303 g/mol. The molecule has 0 saturated carbocycles. The van der Waals surface area contributed by atoms with Crippen molar-refractivity contribution in [1.82, 2.24) is 0 Å². The van der Waals surface area contributed by atoms with E-state index in [0.29, 0.717) is 6.61 Å². The van der Waals surface area contributed by atoms with E-state index in [-0.39, 0.29) is 0 Å². The second-order valence-corrected chi connectivity index (χ2v) is 5.69. The molecule has 0 aliphatic carbocycles. The summed E-state index contributed by atoms with van der Waals surface area (Å²) in [6, 6.07) is 14.7. The summed E-state index contributed by atoms with van der Waals surface area (Å²) in [5.41, 5.74) is 3.84. The van der Waals surface area contributed by atoms with Gasteiger partial charge < -0.3 is 4.74 Å². The van der Waals surface area contributed by atoms with Crippen molar-refractivity contribution < 1.29 is 4.74 Å². The molecule has 0 fully saturated rings. The van der Waals surface area contributed by atoms with E-state index >= 15 is 0 Å². The predicted octanol–water partition coefficient (Wildman–Crippen LogP) is 5.67.